The topological polar surface area (TPSA) is 38.3 Å². The van der Waals surface area contributed by atoms with Gasteiger partial charge in [-0.25, -0.2) is 4.39 Å². The Morgan fingerprint density at radius 2 is 1.79 bits per heavy atom. The monoisotopic (exact) mass is 323 g/mol. The molecule has 0 aromatic heterocycles. The van der Waals surface area contributed by atoms with E-state index >= 15 is 0 Å². The van der Waals surface area contributed by atoms with E-state index in [4.69, 9.17) is 4.74 Å². The third kappa shape index (κ3) is 3.38. The van der Waals surface area contributed by atoms with Crippen LogP contribution in [-0.4, -0.2) is 13.0 Å². The number of fused-ring (bicyclic) bond motifs is 1. The maximum absolute atomic E-state index is 13.2. The normalized spacial score (nSPS) is 12.0. The zero-order valence-corrected chi connectivity index (χ0v) is 13.5. The van der Waals surface area contributed by atoms with E-state index in [0.29, 0.717) is 5.69 Å². The third-order valence-corrected chi connectivity index (χ3v) is 4.06. The molecule has 0 heterocycles. The van der Waals surface area contributed by atoms with Gasteiger partial charge in [-0.05, 0) is 53.6 Å². The lowest BCUT2D eigenvalue weighted by Gasteiger charge is -2.14. The maximum atomic E-state index is 13.2. The van der Waals surface area contributed by atoms with Gasteiger partial charge in [-0.2, -0.15) is 0 Å². The van der Waals surface area contributed by atoms with Crippen molar-refractivity contribution in [1.29, 1.82) is 0 Å². The largest absolute Gasteiger partial charge is 0.497 e. The molecule has 3 rings (SSSR count). The number of benzene rings is 3. The molecule has 3 nitrogen and oxygen atoms in total. The van der Waals surface area contributed by atoms with E-state index in [1.54, 1.807) is 19.2 Å². The van der Waals surface area contributed by atoms with Crippen molar-refractivity contribution in [3.05, 3.63) is 72.0 Å². The molecule has 0 fully saturated rings. The smallest absolute Gasteiger partial charge is 0.231 e. The molecule has 0 radical (unpaired) electrons. The first kappa shape index (κ1) is 16.0. The molecule has 4 heteroatoms. The van der Waals surface area contributed by atoms with Crippen LogP contribution in [0.4, 0.5) is 10.1 Å². The summed E-state index contributed by atoms with van der Waals surface area (Å²) in [5.41, 5.74) is 1.36. The molecule has 1 amide bonds. The molecule has 3 aromatic carbocycles. The Morgan fingerprint density at radius 1 is 1.04 bits per heavy atom. The molecule has 0 aliphatic rings. The van der Waals surface area contributed by atoms with Gasteiger partial charge in [0.05, 0.1) is 13.0 Å². The molecule has 0 unspecified atom stereocenters. The van der Waals surface area contributed by atoms with Crippen LogP contribution in [0.5, 0.6) is 5.75 Å². The number of anilines is 1. The fourth-order valence-corrected chi connectivity index (χ4v) is 2.61. The van der Waals surface area contributed by atoms with E-state index in [2.05, 4.69) is 5.32 Å². The van der Waals surface area contributed by atoms with Gasteiger partial charge in [0, 0.05) is 5.69 Å². The highest BCUT2D eigenvalue weighted by atomic mass is 19.1. The lowest BCUT2D eigenvalue weighted by Crippen LogP contribution is -2.18. The van der Waals surface area contributed by atoms with Crippen molar-refractivity contribution >= 4 is 22.4 Å². The molecule has 3 aromatic rings. The fraction of sp³-hybridized carbons (Fsp3) is 0.150. The minimum atomic E-state index is -0.375. The average molecular weight is 323 g/mol. The molecule has 122 valence electrons. The lowest BCUT2D eigenvalue weighted by atomic mass is 9.97. The van der Waals surface area contributed by atoms with Gasteiger partial charge in [0.15, 0.2) is 0 Å². The van der Waals surface area contributed by atoms with Crippen LogP contribution in [0.1, 0.15) is 18.4 Å². The molecule has 1 N–H and O–H groups in total. The van der Waals surface area contributed by atoms with E-state index in [1.807, 2.05) is 43.3 Å². The second-order valence-corrected chi connectivity index (χ2v) is 5.69. The standard InChI is InChI=1S/C20H18FNO2/c1-13(20(23)22-18-5-3-4-17(21)12-18)14-6-7-16-11-19(24-2)9-8-15(16)10-14/h3-13H,1-2H3,(H,22,23)/t13-/m0/s1. The number of hydrogen-bond donors (Lipinski definition) is 1. The highest BCUT2D eigenvalue weighted by Gasteiger charge is 2.16. The number of ether oxygens (including phenoxy) is 1. The van der Waals surface area contributed by atoms with Gasteiger partial charge in [0.25, 0.3) is 0 Å². The van der Waals surface area contributed by atoms with Gasteiger partial charge in [0.2, 0.25) is 5.91 Å². The first-order valence-corrected chi connectivity index (χ1v) is 7.71. The Hall–Kier alpha value is -2.88. The summed E-state index contributed by atoms with van der Waals surface area (Å²) >= 11 is 0. The number of hydrogen-bond acceptors (Lipinski definition) is 2. The minimum absolute atomic E-state index is 0.173. The van der Waals surface area contributed by atoms with Gasteiger partial charge in [0.1, 0.15) is 11.6 Å². The van der Waals surface area contributed by atoms with Crippen LogP contribution in [0.25, 0.3) is 10.8 Å². The minimum Gasteiger partial charge on any atom is -0.497 e. The van der Waals surface area contributed by atoms with E-state index in [9.17, 15) is 9.18 Å². The van der Waals surface area contributed by atoms with Crippen LogP contribution in [0.3, 0.4) is 0 Å². The van der Waals surface area contributed by atoms with E-state index in [-0.39, 0.29) is 17.6 Å². The van der Waals surface area contributed by atoms with Gasteiger partial charge < -0.3 is 10.1 Å². The predicted octanol–water partition coefficient (Wildman–Crippen LogP) is 4.73. The van der Waals surface area contributed by atoms with Crippen molar-refractivity contribution < 1.29 is 13.9 Å². The summed E-state index contributed by atoms with van der Waals surface area (Å²) in [6, 6.07) is 17.6. The molecular weight excluding hydrogens is 305 g/mol. The number of rotatable bonds is 4. The highest BCUT2D eigenvalue weighted by Crippen LogP contribution is 2.26. The van der Waals surface area contributed by atoms with Crippen LogP contribution in [0, 0.1) is 5.82 Å². The van der Waals surface area contributed by atoms with E-state index in [1.165, 1.54) is 12.1 Å². The Balaban J connectivity index is 1.82. The van der Waals surface area contributed by atoms with Crippen LogP contribution in [-0.2, 0) is 4.79 Å². The van der Waals surface area contributed by atoms with Crippen LogP contribution >= 0.6 is 0 Å². The zero-order chi connectivity index (χ0) is 17.1. The molecule has 24 heavy (non-hydrogen) atoms. The fourth-order valence-electron chi connectivity index (χ4n) is 2.61. The Bertz CT molecular complexity index is 892. The van der Waals surface area contributed by atoms with Crippen LogP contribution in [0.15, 0.2) is 60.7 Å². The summed E-state index contributed by atoms with van der Waals surface area (Å²) < 4.78 is 18.4. The molecule has 0 saturated heterocycles. The number of nitrogens with one attached hydrogen (secondary N) is 1. The number of carbonyl (C=O) groups is 1. The molecule has 0 saturated carbocycles. The van der Waals surface area contributed by atoms with Crippen molar-refractivity contribution in [3.8, 4) is 5.75 Å². The van der Waals surface area contributed by atoms with Crippen molar-refractivity contribution in [3.63, 3.8) is 0 Å². The van der Waals surface area contributed by atoms with Gasteiger partial charge in [-0.15, -0.1) is 0 Å². The zero-order valence-electron chi connectivity index (χ0n) is 13.5. The summed E-state index contributed by atoms with van der Waals surface area (Å²) in [7, 11) is 1.63. The second kappa shape index (κ2) is 6.71. The Morgan fingerprint density at radius 3 is 2.54 bits per heavy atom. The molecular formula is C20H18FNO2. The van der Waals surface area contributed by atoms with Gasteiger partial charge in [-0.3, -0.25) is 4.79 Å². The molecule has 0 spiro atoms. The molecule has 0 aliphatic carbocycles. The summed E-state index contributed by atoms with van der Waals surface area (Å²) in [6.45, 7) is 1.83. The Kier molecular flexibility index (Phi) is 4.47. The predicted molar refractivity (Wildman–Crippen MR) is 93.9 cm³/mol. The first-order valence-electron chi connectivity index (χ1n) is 7.71. The Labute approximate surface area is 140 Å². The van der Waals surface area contributed by atoms with Gasteiger partial charge in [-0.1, -0.05) is 30.3 Å². The molecule has 0 bridgehead atoms. The highest BCUT2D eigenvalue weighted by molar-refractivity contribution is 5.96. The maximum Gasteiger partial charge on any atom is 0.231 e. The van der Waals surface area contributed by atoms with Crippen molar-refractivity contribution in [2.24, 2.45) is 0 Å². The van der Waals surface area contributed by atoms with E-state index in [0.717, 1.165) is 22.1 Å². The lowest BCUT2D eigenvalue weighted by molar-refractivity contribution is -0.117. The van der Waals surface area contributed by atoms with Gasteiger partial charge >= 0.3 is 0 Å². The average Bonchev–Trinajstić information content (AvgIpc) is 2.60. The summed E-state index contributed by atoms with van der Waals surface area (Å²) in [5.74, 6) is -0.0968. The summed E-state index contributed by atoms with van der Waals surface area (Å²) in [4.78, 5) is 12.4. The second-order valence-electron chi connectivity index (χ2n) is 5.69. The third-order valence-electron chi connectivity index (χ3n) is 4.06. The van der Waals surface area contributed by atoms with Crippen molar-refractivity contribution in [2.45, 2.75) is 12.8 Å². The quantitative estimate of drug-likeness (QED) is 0.754. The van der Waals surface area contributed by atoms with Crippen molar-refractivity contribution in [1.82, 2.24) is 0 Å². The van der Waals surface area contributed by atoms with Crippen molar-refractivity contribution in [2.75, 3.05) is 12.4 Å². The SMILES string of the molecule is COc1ccc2cc([C@H](C)C(=O)Nc3cccc(F)c3)ccc2c1. The van der Waals surface area contributed by atoms with E-state index < -0.39 is 0 Å². The number of methoxy groups -OCH3 is 1. The molecule has 1 atom stereocenters. The summed E-state index contributed by atoms with van der Waals surface area (Å²) in [5, 5.41) is 4.84. The van der Waals surface area contributed by atoms with Crippen LogP contribution in [0.2, 0.25) is 0 Å². The summed E-state index contributed by atoms with van der Waals surface area (Å²) in [6.07, 6.45) is 0. The number of amides is 1. The first-order chi connectivity index (χ1) is 11.6. The number of halogens is 1. The number of carbonyl (C=O) groups excluding carboxylic acids is 1. The van der Waals surface area contributed by atoms with Crippen LogP contribution < -0.4 is 10.1 Å². The molecule has 0 aliphatic heterocycles.